The molecule has 0 saturated heterocycles. The van der Waals surface area contributed by atoms with E-state index in [0.717, 1.165) is 5.56 Å². The van der Waals surface area contributed by atoms with Gasteiger partial charge in [0.2, 0.25) is 5.95 Å². The van der Waals surface area contributed by atoms with Gasteiger partial charge < -0.3 is 5.32 Å². The SMILES string of the molecule is O=Cc1cnc(NCc2ccc(F)cc2)nc1. The second-order valence-corrected chi connectivity index (χ2v) is 3.44. The van der Waals surface area contributed by atoms with Crippen LogP contribution in [-0.2, 0) is 6.54 Å². The number of benzene rings is 1. The second kappa shape index (κ2) is 5.16. The summed E-state index contributed by atoms with van der Waals surface area (Å²) in [4.78, 5) is 18.3. The number of hydrogen-bond donors (Lipinski definition) is 1. The van der Waals surface area contributed by atoms with Crippen LogP contribution in [0.3, 0.4) is 0 Å². The number of halogens is 1. The molecule has 0 aliphatic heterocycles. The molecule has 1 aromatic heterocycles. The zero-order valence-corrected chi connectivity index (χ0v) is 8.93. The summed E-state index contributed by atoms with van der Waals surface area (Å²) in [6.07, 6.45) is 3.56. The average molecular weight is 231 g/mol. The Hall–Kier alpha value is -2.30. The van der Waals surface area contributed by atoms with Crippen LogP contribution >= 0.6 is 0 Å². The molecule has 0 amide bonds. The lowest BCUT2D eigenvalue weighted by Gasteiger charge is -2.04. The zero-order chi connectivity index (χ0) is 12.1. The van der Waals surface area contributed by atoms with Crippen molar-refractivity contribution in [1.29, 1.82) is 0 Å². The van der Waals surface area contributed by atoms with Crippen molar-refractivity contribution in [1.82, 2.24) is 9.97 Å². The van der Waals surface area contributed by atoms with Crippen molar-refractivity contribution in [2.24, 2.45) is 0 Å². The molecule has 17 heavy (non-hydrogen) atoms. The number of carbonyl (C=O) groups excluding carboxylic acids is 1. The van der Waals surface area contributed by atoms with Crippen LogP contribution in [0.25, 0.3) is 0 Å². The molecule has 1 aromatic carbocycles. The van der Waals surface area contributed by atoms with Crippen molar-refractivity contribution >= 4 is 12.2 Å². The van der Waals surface area contributed by atoms with Gasteiger partial charge in [0.1, 0.15) is 5.82 Å². The second-order valence-electron chi connectivity index (χ2n) is 3.44. The molecule has 1 N–H and O–H groups in total. The zero-order valence-electron chi connectivity index (χ0n) is 8.93. The molecule has 1 heterocycles. The van der Waals surface area contributed by atoms with Crippen LogP contribution in [-0.4, -0.2) is 16.3 Å². The molecule has 2 rings (SSSR count). The van der Waals surface area contributed by atoms with Crippen LogP contribution < -0.4 is 5.32 Å². The Labute approximate surface area is 97.5 Å². The third-order valence-corrected chi connectivity index (χ3v) is 2.17. The van der Waals surface area contributed by atoms with Gasteiger partial charge in [-0.3, -0.25) is 4.79 Å². The average Bonchev–Trinajstić information content (AvgIpc) is 2.39. The van der Waals surface area contributed by atoms with Crippen molar-refractivity contribution in [2.45, 2.75) is 6.54 Å². The maximum atomic E-state index is 12.7. The Morgan fingerprint density at radius 3 is 2.41 bits per heavy atom. The van der Waals surface area contributed by atoms with E-state index in [1.807, 2.05) is 0 Å². The van der Waals surface area contributed by atoms with Gasteiger partial charge >= 0.3 is 0 Å². The Morgan fingerprint density at radius 1 is 1.18 bits per heavy atom. The summed E-state index contributed by atoms with van der Waals surface area (Å²) in [6.45, 7) is 0.501. The first-order valence-electron chi connectivity index (χ1n) is 5.03. The first-order chi connectivity index (χ1) is 8.28. The molecule has 0 aliphatic carbocycles. The highest BCUT2D eigenvalue weighted by molar-refractivity contribution is 5.73. The minimum Gasteiger partial charge on any atom is -0.350 e. The minimum atomic E-state index is -0.264. The van der Waals surface area contributed by atoms with Crippen LogP contribution in [0.4, 0.5) is 10.3 Å². The molecule has 5 heteroatoms. The Morgan fingerprint density at radius 2 is 1.82 bits per heavy atom. The molecule has 86 valence electrons. The maximum absolute atomic E-state index is 12.7. The lowest BCUT2D eigenvalue weighted by atomic mass is 10.2. The summed E-state index contributed by atoms with van der Waals surface area (Å²) in [5, 5.41) is 2.97. The maximum Gasteiger partial charge on any atom is 0.222 e. The van der Waals surface area contributed by atoms with E-state index < -0.39 is 0 Å². The third-order valence-electron chi connectivity index (χ3n) is 2.17. The number of rotatable bonds is 4. The Balaban J connectivity index is 1.97. The Bertz CT molecular complexity index is 496. The number of hydrogen-bond acceptors (Lipinski definition) is 4. The van der Waals surface area contributed by atoms with Gasteiger partial charge in [-0.05, 0) is 17.7 Å². The normalized spacial score (nSPS) is 9.94. The van der Waals surface area contributed by atoms with Crippen LogP contribution in [0.1, 0.15) is 15.9 Å². The predicted molar refractivity (Wildman–Crippen MR) is 61.1 cm³/mol. The lowest BCUT2D eigenvalue weighted by molar-refractivity contribution is 0.112. The summed E-state index contributed by atoms with van der Waals surface area (Å²) in [6, 6.07) is 6.16. The molecule has 0 saturated carbocycles. The molecule has 0 spiro atoms. The van der Waals surface area contributed by atoms with Crippen LogP contribution in [0.2, 0.25) is 0 Å². The molecule has 0 radical (unpaired) electrons. The fraction of sp³-hybridized carbons (Fsp3) is 0.0833. The van der Waals surface area contributed by atoms with Gasteiger partial charge in [0.05, 0.1) is 5.56 Å². The topological polar surface area (TPSA) is 54.9 Å². The van der Waals surface area contributed by atoms with Crippen molar-refractivity contribution < 1.29 is 9.18 Å². The van der Waals surface area contributed by atoms with Crippen LogP contribution in [0.15, 0.2) is 36.7 Å². The quantitative estimate of drug-likeness (QED) is 0.818. The van der Waals surface area contributed by atoms with Gasteiger partial charge in [0, 0.05) is 18.9 Å². The number of nitrogens with zero attached hydrogens (tertiary/aromatic N) is 2. The molecule has 0 bridgehead atoms. The lowest BCUT2D eigenvalue weighted by Crippen LogP contribution is -2.03. The summed E-state index contributed by atoms with van der Waals surface area (Å²) in [7, 11) is 0. The fourth-order valence-electron chi connectivity index (χ4n) is 1.27. The molecule has 2 aromatic rings. The van der Waals surface area contributed by atoms with Crippen molar-refractivity contribution in [3.05, 3.63) is 53.6 Å². The van der Waals surface area contributed by atoms with Gasteiger partial charge in [-0.25, -0.2) is 14.4 Å². The van der Waals surface area contributed by atoms with Gasteiger partial charge in [-0.15, -0.1) is 0 Å². The van der Waals surface area contributed by atoms with E-state index in [1.165, 1.54) is 24.5 Å². The summed E-state index contributed by atoms with van der Waals surface area (Å²) in [5.41, 5.74) is 1.35. The van der Waals surface area contributed by atoms with E-state index in [0.29, 0.717) is 24.3 Å². The molecular formula is C12H10FN3O. The molecule has 0 unspecified atom stereocenters. The summed E-state index contributed by atoms with van der Waals surface area (Å²) < 4.78 is 12.7. The number of carbonyl (C=O) groups is 1. The van der Waals surface area contributed by atoms with Gasteiger partial charge in [0.15, 0.2) is 6.29 Å². The molecular weight excluding hydrogens is 221 g/mol. The number of aldehydes is 1. The smallest absolute Gasteiger partial charge is 0.222 e. The monoisotopic (exact) mass is 231 g/mol. The molecule has 0 aliphatic rings. The van der Waals surface area contributed by atoms with Crippen molar-refractivity contribution in [3.8, 4) is 0 Å². The Kier molecular flexibility index (Phi) is 3.40. The van der Waals surface area contributed by atoms with E-state index in [-0.39, 0.29) is 5.82 Å². The summed E-state index contributed by atoms with van der Waals surface area (Å²) >= 11 is 0. The first kappa shape index (κ1) is 11.2. The number of anilines is 1. The molecule has 0 fully saturated rings. The largest absolute Gasteiger partial charge is 0.350 e. The van der Waals surface area contributed by atoms with E-state index in [4.69, 9.17) is 0 Å². The number of aromatic nitrogens is 2. The fourth-order valence-corrected chi connectivity index (χ4v) is 1.27. The standard InChI is InChI=1S/C12H10FN3O/c13-11-3-1-9(2-4-11)5-14-12-15-6-10(8-17)7-16-12/h1-4,6-8H,5H2,(H,14,15,16). The highest BCUT2D eigenvalue weighted by Gasteiger charge is 1.97. The van der Waals surface area contributed by atoms with E-state index in [2.05, 4.69) is 15.3 Å². The highest BCUT2D eigenvalue weighted by atomic mass is 19.1. The van der Waals surface area contributed by atoms with Crippen LogP contribution in [0, 0.1) is 5.82 Å². The number of nitrogens with one attached hydrogen (secondary N) is 1. The van der Waals surface area contributed by atoms with Crippen molar-refractivity contribution in [2.75, 3.05) is 5.32 Å². The molecule has 0 atom stereocenters. The van der Waals surface area contributed by atoms with Gasteiger partial charge in [-0.1, -0.05) is 12.1 Å². The minimum absolute atomic E-state index is 0.264. The van der Waals surface area contributed by atoms with Gasteiger partial charge in [0.25, 0.3) is 0 Å². The van der Waals surface area contributed by atoms with Crippen molar-refractivity contribution in [3.63, 3.8) is 0 Å². The molecule has 4 nitrogen and oxygen atoms in total. The first-order valence-corrected chi connectivity index (χ1v) is 5.03. The van der Waals surface area contributed by atoms with Gasteiger partial charge in [-0.2, -0.15) is 0 Å². The van der Waals surface area contributed by atoms with E-state index in [9.17, 15) is 9.18 Å². The summed E-state index contributed by atoms with van der Waals surface area (Å²) in [5.74, 6) is 0.167. The van der Waals surface area contributed by atoms with E-state index >= 15 is 0 Å². The van der Waals surface area contributed by atoms with E-state index in [1.54, 1.807) is 12.1 Å². The predicted octanol–water partition coefficient (Wildman–Crippen LogP) is 2.04. The third kappa shape index (κ3) is 3.07. The van der Waals surface area contributed by atoms with Crippen LogP contribution in [0.5, 0.6) is 0 Å². The highest BCUT2D eigenvalue weighted by Crippen LogP contribution is 2.05.